The van der Waals surface area contributed by atoms with E-state index >= 15 is 0 Å². The van der Waals surface area contributed by atoms with Crippen molar-refractivity contribution in [2.75, 3.05) is 0 Å². The summed E-state index contributed by atoms with van der Waals surface area (Å²) in [5.41, 5.74) is -0.133. The van der Waals surface area contributed by atoms with Crippen molar-refractivity contribution in [2.24, 2.45) is 4.41 Å². The van der Waals surface area contributed by atoms with Crippen LogP contribution in [-0.2, 0) is 4.52 Å². The summed E-state index contributed by atoms with van der Waals surface area (Å²) in [4.78, 5) is 0. The molecule has 0 radical (unpaired) electrons. The maximum atomic E-state index is 6.46. The van der Waals surface area contributed by atoms with Gasteiger partial charge in [0.05, 0.1) is 0 Å². The van der Waals surface area contributed by atoms with Crippen molar-refractivity contribution in [3.8, 4) is 0 Å². The molecular weight excluding hydrogens is 315 g/mol. The van der Waals surface area contributed by atoms with Gasteiger partial charge in [-0.15, -0.1) is 12.9 Å². The minimum atomic E-state index is -1.51. The second-order valence-corrected chi connectivity index (χ2v) is 26.4. The molecule has 0 aromatic rings. The van der Waals surface area contributed by atoms with Gasteiger partial charge in [-0.05, 0) is 40.4 Å². The molecule has 0 heterocycles. The molecule has 0 aliphatic carbocycles. The lowest BCUT2D eigenvalue weighted by molar-refractivity contribution is 0.149. The average molecular weight is 352 g/mol. The Kier molecular flexibility index (Phi) is 6.64. The molecule has 0 aliphatic heterocycles. The fourth-order valence-electron chi connectivity index (χ4n) is 2.13. The summed E-state index contributed by atoms with van der Waals surface area (Å²) in [6.45, 7) is 27.9. The van der Waals surface area contributed by atoms with Gasteiger partial charge in [-0.3, -0.25) is 0 Å². The molecule has 0 fully saturated rings. The van der Waals surface area contributed by atoms with E-state index in [4.69, 9.17) is 8.93 Å². The van der Waals surface area contributed by atoms with Crippen LogP contribution < -0.4 is 0 Å². The predicted octanol–water partition coefficient (Wildman–Crippen LogP) is 6.10. The summed E-state index contributed by atoms with van der Waals surface area (Å²) >= 11 is 0. The molecule has 120 valence electrons. The van der Waals surface area contributed by atoms with Crippen LogP contribution in [0.4, 0.5) is 0 Å². The first-order valence-corrected chi connectivity index (χ1v) is 19.0. The summed E-state index contributed by atoms with van der Waals surface area (Å²) in [7, 11) is -5.26. The summed E-state index contributed by atoms with van der Waals surface area (Å²) in [6.07, 6.45) is 0. The summed E-state index contributed by atoms with van der Waals surface area (Å²) in [6, 6.07) is 0. The van der Waals surface area contributed by atoms with Gasteiger partial charge in [0.15, 0.2) is 16.5 Å². The van der Waals surface area contributed by atoms with Crippen molar-refractivity contribution in [1.82, 2.24) is 4.00 Å². The minimum Gasteiger partial charge on any atom is -0.142 e. The lowest BCUT2D eigenvalue weighted by Gasteiger charge is -2.35. The lowest BCUT2D eigenvalue weighted by Crippen LogP contribution is -2.55. The molecule has 0 rings (SSSR count). The first-order chi connectivity index (χ1) is 8.43. The fraction of sp³-hybridized carbons (Fsp3) is 1.00. The van der Waals surface area contributed by atoms with Crippen molar-refractivity contribution in [2.45, 2.75) is 85.3 Å². The lowest BCUT2D eigenvalue weighted by atomic mass is 10.2. The predicted molar refractivity (Wildman–Crippen MR) is 102 cm³/mol. The zero-order valence-corrected chi connectivity index (χ0v) is 19.6. The number of hydrogen-bond donors (Lipinski definition) is 0. The molecule has 20 heavy (non-hydrogen) atoms. The molecule has 1 atom stereocenters. The summed E-state index contributed by atoms with van der Waals surface area (Å²) < 4.78 is 14.4. The Morgan fingerprint density at radius 2 is 1.15 bits per heavy atom. The largest absolute Gasteiger partial charge is 0.451 e. The van der Waals surface area contributed by atoms with E-state index in [1.807, 2.05) is 0 Å². The van der Waals surface area contributed by atoms with E-state index in [9.17, 15) is 0 Å². The molecule has 1 unspecified atom stereocenters. The molecular formula is C13H36N2OPSi3+. The monoisotopic (exact) mass is 351 g/mol. The highest BCUT2D eigenvalue weighted by Crippen LogP contribution is 2.46. The van der Waals surface area contributed by atoms with Gasteiger partial charge in [-0.25, -0.2) is 0 Å². The molecule has 0 saturated carbocycles. The molecule has 0 N–H and O–H groups in total. The quantitative estimate of drug-likeness (QED) is 0.441. The molecule has 0 aliphatic rings. The smallest absolute Gasteiger partial charge is 0.142 e. The van der Waals surface area contributed by atoms with E-state index in [-0.39, 0.29) is 5.60 Å². The number of hydrogen-bond acceptors (Lipinski definition) is 2. The first kappa shape index (κ1) is 20.7. The van der Waals surface area contributed by atoms with Crippen molar-refractivity contribution in [3.63, 3.8) is 0 Å². The third kappa shape index (κ3) is 8.20. The average Bonchev–Trinajstić information content (AvgIpc) is 1.87. The van der Waals surface area contributed by atoms with Crippen molar-refractivity contribution < 1.29 is 4.52 Å². The second-order valence-electron chi connectivity index (χ2n) is 9.38. The van der Waals surface area contributed by atoms with E-state index in [0.717, 1.165) is 0 Å². The van der Waals surface area contributed by atoms with Gasteiger partial charge in [0, 0.05) is 0 Å². The van der Waals surface area contributed by atoms with Gasteiger partial charge in [0.25, 0.3) is 0 Å². The van der Waals surface area contributed by atoms with Crippen LogP contribution in [0.15, 0.2) is 4.41 Å². The van der Waals surface area contributed by atoms with Gasteiger partial charge in [-0.2, -0.15) is 0 Å². The fourth-order valence-corrected chi connectivity index (χ4v) is 18.5. The normalized spacial score (nSPS) is 15.9. The van der Waals surface area contributed by atoms with E-state index in [0.29, 0.717) is 0 Å². The van der Waals surface area contributed by atoms with Crippen LogP contribution in [0.3, 0.4) is 0 Å². The maximum Gasteiger partial charge on any atom is 0.451 e. The Hall–Kier alpha value is 0.671. The Bertz CT molecular complexity index is 346. The van der Waals surface area contributed by atoms with Gasteiger partial charge >= 0.3 is 8.09 Å². The Morgan fingerprint density at radius 3 is 1.35 bits per heavy atom. The standard InChI is InChI=1S/C13H36N2OPSi3/c1-13(2,3)16-17(14-18(4,5)6)15(19(7,8)9)20(10,11)12/h1-12H3/q+1. The van der Waals surface area contributed by atoms with Gasteiger partial charge in [-0.1, -0.05) is 39.3 Å². The van der Waals surface area contributed by atoms with Crippen LogP contribution in [0.1, 0.15) is 20.8 Å². The molecule has 0 aromatic carbocycles. The first-order valence-electron chi connectivity index (χ1n) is 7.46. The van der Waals surface area contributed by atoms with Crippen molar-refractivity contribution in [1.29, 1.82) is 0 Å². The highest BCUT2D eigenvalue weighted by atomic mass is 31.1. The van der Waals surface area contributed by atoms with Crippen LogP contribution in [0.5, 0.6) is 0 Å². The zero-order chi connectivity index (χ0) is 16.6. The second kappa shape index (κ2) is 6.42. The van der Waals surface area contributed by atoms with E-state index in [2.05, 4.69) is 83.7 Å². The Labute approximate surface area is 131 Å². The van der Waals surface area contributed by atoms with Crippen LogP contribution in [0.25, 0.3) is 0 Å². The number of nitrogens with zero attached hydrogens (tertiary/aromatic N) is 2. The van der Waals surface area contributed by atoms with E-state index in [1.165, 1.54) is 0 Å². The SMILES string of the molecule is CC(C)(C)O[P+](=N[Si](C)(C)C)N([Si](C)(C)C)[Si](C)(C)C. The molecule has 0 saturated heterocycles. The molecule has 0 bridgehead atoms. The number of rotatable bonds is 5. The Balaban J connectivity index is 5.88. The summed E-state index contributed by atoms with van der Waals surface area (Å²) in [5.74, 6) is 0. The van der Waals surface area contributed by atoms with Crippen LogP contribution >= 0.6 is 8.09 Å². The van der Waals surface area contributed by atoms with Crippen LogP contribution in [0.2, 0.25) is 58.9 Å². The maximum absolute atomic E-state index is 6.46. The highest BCUT2D eigenvalue weighted by Gasteiger charge is 2.49. The minimum absolute atomic E-state index is 0.133. The highest BCUT2D eigenvalue weighted by molar-refractivity contribution is 7.47. The molecule has 0 aromatic heterocycles. The molecule has 0 amide bonds. The van der Waals surface area contributed by atoms with Crippen molar-refractivity contribution >= 4 is 32.8 Å². The molecule has 7 heteroatoms. The third-order valence-electron chi connectivity index (χ3n) is 2.18. The third-order valence-corrected chi connectivity index (χ3v) is 17.5. The summed E-state index contributed by atoms with van der Waals surface area (Å²) in [5, 5.41) is 0. The van der Waals surface area contributed by atoms with Gasteiger partial charge in [0.1, 0.15) is 5.60 Å². The topological polar surface area (TPSA) is 24.8 Å². The Morgan fingerprint density at radius 1 is 0.800 bits per heavy atom. The van der Waals surface area contributed by atoms with E-state index in [1.54, 1.807) is 0 Å². The molecule has 3 nitrogen and oxygen atoms in total. The zero-order valence-electron chi connectivity index (χ0n) is 15.7. The van der Waals surface area contributed by atoms with Gasteiger partial charge < -0.3 is 0 Å². The van der Waals surface area contributed by atoms with Crippen LogP contribution in [0, 0.1) is 0 Å². The van der Waals surface area contributed by atoms with Gasteiger partial charge in [0.2, 0.25) is 8.24 Å². The van der Waals surface area contributed by atoms with Crippen molar-refractivity contribution in [3.05, 3.63) is 0 Å². The van der Waals surface area contributed by atoms with E-state index < -0.39 is 32.8 Å². The molecule has 0 spiro atoms. The van der Waals surface area contributed by atoms with Crippen LogP contribution in [-0.4, -0.2) is 34.3 Å².